The first kappa shape index (κ1) is 27.5. The zero-order valence-electron chi connectivity index (χ0n) is 22.3. The van der Waals surface area contributed by atoms with Gasteiger partial charge in [0.2, 0.25) is 5.91 Å². The lowest BCUT2D eigenvalue weighted by Gasteiger charge is -2.41. The van der Waals surface area contributed by atoms with Crippen molar-refractivity contribution in [3.8, 4) is 0 Å². The van der Waals surface area contributed by atoms with E-state index < -0.39 is 12.3 Å². The molecule has 1 amide bonds. The summed E-state index contributed by atoms with van der Waals surface area (Å²) in [4.78, 5) is 27.4. The molecule has 1 aliphatic rings. The van der Waals surface area contributed by atoms with Crippen LogP contribution in [0.5, 0.6) is 0 Å². The smallest absolute Gasteiger partial charge is 0.303 e. The summed E-state index contributed by atoms with van der Waals surface area (Å²) in [5.74, 6) is -1.13. The van der Waals surface area contributed by atoms with Crippen LogP contribution in [0.3, 0.4) is 0 Å². The number of rotatable bonds is 10. The molecule has 1 aliphatic heterocycles. The molecule has 9 nitrogen and oxygen atoms in total. The Labute approximate surface area is 232 Å². The minimum absolute atomic E-state index is 0.0155. The highest BCUT2D eigenvalue weighted by Gasteiger charge is 2.38. The highest BCUT2D eigenvalue weighted by molar-refractivity contribution is 5.90. The van der Waals surface area contributed by atoms with Crippen molar-refractivity contribution < 1.29 is 29.3 Å². The third-order valence-electron chi connectivity index (χ3n) is 7.29. The molecule has 1 saturated heterocycles. The van der Waals surface area contributed by atoms with Gasteiger partial charge < -0.3 is 29.6 Å². The van der Waals surface area contributed by atoms with Gasteiger partial charge in [-0.05, 0) is 41.8 Å². The van der Waals surface area contributed by atoms with Gasteiger partial charge in [0, 0.05) is 30.0 Å². The van der Waals surface area contributed by atoms with Gasteiger partial charge in [-0.15, -0.1) is 0 Å². The number of aliphatic carboxylic acids is 1. The van der Waals surface area contributed by atoms with Gasteiger partial charge in [0.15, 0.2) is 6.29 Å². The fourth-order valence-electron chi connectivity index (χ4n) is 5.02. The maximum atomic E-state index is 12.2. The second kappa shape index (κ2) is 12.4. The van der Waals surface area contributed by atoms with E-state index in [1.165, 1.54) is 0 Å². The van der Waals surface area contributed by atoms with Crippen LogP contribution in [0.25, 0.3) is 11.0 Å². The Morgan fingerprint density at radius 3 is 2.40 bits per heavy atom. The summed E-state index contributed by atoms with van der Waals surface area (Å²) in [6.45, 7) is 2.69. The van der Waals surface area contributed by atoms with Crippen LogP contribution in [-0.4, -0.2) is 37.7 Å². The molecular weight excluding hydrogens is 510 g/mol. The number of amides is 1. The van der Waals surface area contributed by atoms with E-state index in [2.05, 4.69) is 21.8 Å². The molecule has 9 heteroatoms. The molecule has 0 aliphatic carbocycles. The topological polar surface area (TPSA) is 123 Å². The Kier molecular flexibility index (Phi) is 8.54. The number of carbonyl (C=O) groups is 2. The Bertz CT molecular complexity index is 1450. The molecule has 2 heterocycles. The normalized spacial score (nSPS) is 20.9. The van der Waals surface area contributed by atoms with Gasteiger partial charge in [-0.2, -0.15) is 0 Å². The van der Waals surface area contributed by atoms with E-state index >= 15 is 0 Å². The Hall–Kier alpha value is -4.05. The molecule has 0 unspecified atom stereocenters. The number of imidazole rings is 1. The van der Waals surface area contributed by atoms with Crippen LogP contribution in [0, 0.1) is 5.92 Å². The maximum Gasteiger partial charge on any atom is 0.303 e. The number of hydrogen-bond acceptors (Lipinski definition) is 6. The number of aromatic nitrogens is 2. The number of fused-ring (bicyclic) bond motifs is 1. The van der Waals surface area contributed by atoms with Crippen molar-refractivity contribution >= 4 is 28.6 Å². The lowest BCUT2D eigenvalue weighted by molar-refractivity contribution is -0.276. The number of aliphatic hydroxyl groups is 1. The number of para-hydroxylation sites is 2. The predicted molar refractivity (Wildman–Crippen MR) is 149 cm³/mol. The maximum absolute atomic E-state index is 12.2. The Balaban J connectivity index is 1.35. The number of carboxylic acids is 1. The third-order valence-corrected chi connectivity index (χ3v) is 7.29. The molecule has 0 saturated carbocycles. The lowest BCUT2D eigenvalue weighted by atomic mass is 9.90. The molecule has 5 rings (SSSR count). The van der Waals surface area contributed by atoms with Crippen molar-refractivity contribution in [2.24, 2.45) is 5.92 Å². The average molecular weight is 544 g/mol. The fraction of sp³-hybridized carbons (Fsp3) is 0.323. The van der Waals surface area contributed by atoms with E-state index in [9.17, 15) is 14.7 Å². The molecule has 1 aromatic heterocycles. The number of nitrogens with one attached hydrogen (secondary N) is 1. The van der Waals surface area contributed by atoms with Gasteiger partial charge in [-0.1, -0.05) is 55.5 Å². The van der Waals surface area contributed by atoms with Crippen molar-refractivity contribution in [3.05, 3.63) is 95.8 Å². The molecule has 40 heavy (non-hydrogen) atoms. The minimum Gasteiger partial charge on any atom is -0.481 e. The first-order chi connectivity index (χ1) is 19.4. The number of nitrogens with zero attached hydrogens (tertiary/aromatic N) is 2. The second-order valence-corrected chi connectivity index (χ2v) is 10.1. The zero-order valence-corrected chi connectivity index (χ0v) is 22.3. The van der Waals surface area contributed by atoms with Crippen LogP contribution >= 0.6 is 0 Å². The SMILES string of the molecule is C[C@@H]1[C@H](Cn2cnc3ccccc32)O[C@H](c2ccc(NC(=O)CCCC(=O)O)cc2)O[C@@H]1c1ccc(CO)cc1. The molecule has 4 atom stereocenters. The van der Waals surface area contributed by atoms with E-state index in [1.54, 1.807) is 12.1 Å². The lowest BCUT2D eigenvalue weighted by Crippen LogP contribution is -2.39. The molecule has 3 N–H and O–H groups in total. The fourth-order valence-corrected chi connectivity index (χ4v) is 5.02. The standard InChI is InChI=1S/C31H33N3O6/c1-20-27(17-34-19-32-25-5-2-3-6-26(25)34)39-31(40-30(20)22-11-9-21(18-35)10-12-22)23-13-15-24(16-14-23)33-28(36)7-4-8-29(37)38/h2-3,5-6,9-16,19-20,27,30-31,35H,4,7-8,17-18H2,1H3,(H,33,36)(H,37,38)/t20-,27+,30+,31+/m1/s1. The summed E-state index contributed by atoms with van der Waals surface area (Å²) in [7, 11) is 0. The van der Waals surface area contributed by atoms with Crippen LogP contribution in [-0.2, 0) is 32.2 Å². The monoisotopic (exact) mass is 543 g/mol. The number of benzene rings is 3. The molecular formula is C31H33N3O6. The summed E-state index contributed by atoms with van der Waals surface area (Å²) in [6, 6.07) is 23.1. The first-order valence-electron chi connectivity index (χ1n) is 13.4. The minimum atomic E-state index is -0.916. The summed E-state index contributed by atoms with van der Waals surface area (Å²) >= 11 is 0. The first-order valence-corrected chi connectivity index (χ1v) is 13.4. The summed E-state index contributed by atoms with van der Waals surface area (Å²) < 4.78 is 15.2. The van der Waals surface area contributed by atoms with E-state index in [1.807, 2.05) is 67.0 Å². The highest BCUT2D eigenvalue weighted by Crippen LogP contribution is 2.42. The van der Waals surface area contributed by atoms with E-state index in [0.29, 0.717) is 12.2 Å². The summed E-state index contributed by atoms with van der Waals surface area (Å²) in [5.41, 5.74) is 5.23. The van der Waals surface area contributed by atoms with Crippen molar-refractivity contribution in [1.29, 1.82) is 0 Å². The van der Waals surface area contributed by atoms with Crippen LogP contribution in [0.2, 0.25) is 0 Å². The second-order valence-electron chi connectivity index (χ2n) is 10.1. The molecule has 208 valence electrons. The molecule has 3 aromatic carbocycles. The van der Waals surface area contributed by atoms with Gasteiger partial charge in [0.05, 0.1) is 42.7 Å². The van der Waals surface area contributed by atoms with Gasteiger partial charge in [-0.25, -0.2) is 4.98 Å². The summed E-state index contributed by atoms with van der Waals surface area (Å²) in [5, 5.41) is 21.1. The largest absolute Gasteiger partial charge is 0.481 e. The van der Waals surface area contributed by atoms with Gasteiger partial charge >= 0.3 is 5.97 Å². The highest BCUT2D eigenvalue weighted by atomic mass is 16.7. The zero-order chi connectivity index (χ0) is 28.1. The van der Waals surface area contributed by atoms with Crippen molar-refractivity contribution in [1.82, 2.24) is 9.55 Å². The Morgan fingerprint density at radius 2 is 1.68 bits per heavy atom. The van der Waals surface area contributed by atoms with Crippen molar-refractivity contribution in [3.63, 3.8) is 0 Å². The van der Waals surface area contributed by atoms with Gasteiger partial charge in [0.25, 0.3) is 0 Å². The van der Waals surface area contributed by atoms with Gasteiger partial charge in [0.1, 0.15) is 0 Å². The van der Waals surface area contributed by atoms with Crippen molar-refractivity contribution in [2.45, 2.75) is 57.8 Å². The number of aliphatic hydroxyl groups excluding tert-OH is 1. The molecule has 0 radical (unpaired) electrons. The average Bonchev–Trinajstić information content (AvgIpc) is 3.37. The van der Waals surface area contributed by atoms with Crippen LogP contribution in [0.4, 0.5) is 5.69 Å². The van der Waals surface area contributed by atoms with Crippen LogP contribution in [0.1, 0.15) is 55.3 Å². The third kappa shape index (κ3) is 6.39. The number of carbonyl (C=O) groups excluding carboxylic acids is 1. The van der Waals surface area contributed by atoms with Gasteiger partial charge in [-0.3, -0.25) is 9.59 Å². The number of ether oxygens (including phenoxy) is 2. The van der Waals surface area contributed by atoms with E-state index in [4.69, 9.17) is 14.6 Å². The van der Waals surface area contributed by atoms with E-state index in [0.717, 1.165) is 27.7 Å². The molecule has 0 spiro atoms. The Morgan fingerprint density at radius 1 is 0.950 bits per heavy atom. The number of anilines is 1. The number of hydrogen-bond donors (Lipinski definition) is 3. The van der Waals surface area contributed by atoms with Crippen LogP contribution in [0.15, 0.2) is 79.1 Å². The van der Waals surface area contributed by atoms with E-state index in [-0.39, 0.29) is 49.9 Å². The molecule has 4 aromatic rings. The predicted octanol–water partition coefficient (Wildman–Crippen LogP) is 5.21. The summed E-state index contributed by atoms with van der Waals surface area (Å²) in [6.07, 6.45) is 1.15. The van der Waals surface area contributed by atoms with Crippen molar-refractivity contribution in [2.75, 3.05) is 5.32 Å². The van der Waals surface area contributed by atoms with Crippen LogP contribution < -0.4 is 5.32 Å². The number of carboxylic acid groups (broad SMARTS) is 1. The quantitative estimate of drug-likeness (QED) is 0.251. The molecule has 0 bridgehead atoms. The molecule has 1 fully saturated rings.